The van der Waals surface area contributed by atoms with Gasteiger partial charge in [0, 0.05) is 36.1 Å². The van der Waals surface area contributed by atoms with Gasteiger partial charge in [-0.15, -0.1) is 0 Å². The largest absolute Gasteiger partial charge is 0.496 e. The van der Waals surface area contributed by atoms with Crippen LogP contribution in [0.1, 0.15) is 56.5 Å². The lowest BCUT2D eigenvalue weighted by Crippen LogP contribution is -2.41. The van der Waals surface area contributed by atoms with E-state index in [-0.39, 0.29) is 0 Å². The van der Waals surface area contributed by atoms with Crippen LogP contribution in [0.25, 0.3) is 5.57 Å². The first-order valence-corrected chi connectivity index (χ1v) is 9.82. The van der Waals surface area contributed by atoms with Crippen molar-refractivity contribution in [3.63, 3.8) is 0 Å². The summed E-state index contributed by atoms with van der Waals surface area (Å²) in [5, 5.41) is 10.9. The maximum Gasteiger partial charge on any atom is 0.178 e. The van der Waals surface area contributed by atoms with E-state index in [4.69, 9.17) is 9.47 Å². The Labute approximate surface area is 168 Å². The molecule has 5 heteroatoms. The van der Waals surface area contributed by atoms with Gasteiger partial charge in [-0.2, -0.15) is 0 Å². The van der Waals surface area contributed by atoms with Crippen LogP contribution >= 0.6 is 0 Å². The van der Waals surface area contributed by atoms with Gasteiger partial charge >= 0.3 is 0 Å². The Morgan fingerprint density at radius 1 is 1.11 bits per heavy atom. The zero-order chi connectivity index (χ0) is 20.9. The summed E-state index contributed by atoms with van der Waals surface area (Å²) in [5.41, 5.74) is 3.33. The molecule has 1 aliphatic rings. The van der Waals surface area contributed by atoms with Gasteiger partial charge in [0.05, 0.1) is 14.2 Å². The molecule has 28 heavy (non-hydrogen) atoms. The first-order chi connectivity index (χ1) is 13.4. The zero-order valence-electron chi connectivity index (χ0n) is 18.0. The second kappa shape index (κ2) is 9.11. The number of fused-ring (bicyclic) bond motifs is 1. The minimum Gasteiger partial charge on any atom is -0.496 e. The number of methoxy groups -OCH3 is 2. The van der Waals surface area contributed by atoms with Crippen molar-refractivity contribution in [2.24, 2.45) is 0 Å². The second-order valence-corrected chi connectivity index (χ2v) is 6.69. The second-order valence-electron chi connectivity index (χ2n) is 6.69. The highest BCUT2D eigenvalue weighted by Gasteiger charge is 2.36. The Bertz CT molecular complexity index is 844. The highest BCUT2D eigenvalue weighted by atomic mass is 16.5. The summed E-state index contributed by atoms with van der Waals surface area (Å²) in [6.45, 7) is 7.89. The number of aryl methyl sites for hydroxylation is 1. The summed E-state index contributed by atoms with van der Waals surface area (Å²) in [7, 11) is 5.20. The number of benzene rings is 1. The number of aromatic nitrogens is 1. The minimum atomic E-state index is -1.17. The first kappa shape index (κ1) is 21.8. The molecular weight excluding hydrogens is 352 g/mol. The van der Waals surface area contributed by atoms with E-state index in [9.17, 15) is 5.11 Å². The molecule has 5 nitrogen and oxygen atoms in total. The van der Waals surface area contributed by atoms with Gasteiger partial charge in [0.1, 0.15) is 17.2 Å². The van der Waals surface area contributed by atoms with Gasteiger partial charge in [-0.3, -0.25) is 4.98 Å². The van der Waals surface area contributed by atoms with Crippen molar-refractivity contribution in [3.8, 4) is 11.5 Å². The van der Waals surface area contributed by atoms with E-state index in [2.05, 4.69) is 11.9 Å². The van der Waals surface area contributed by atoms with Crippen LogP contribution in [-0.4, -0.2) is 36.3 Å². The van der Waals surface area contributed by atoms with Crippen molar-refractivity contribution in [2.75, 3.05) is 21.3 Å². The molecule has 1 aliphatic heterocycles. The first-order valence-electron chi connectivity index (χ1n) is 9.82. The van der Waals surface area contributed by atoms with Crippen molar-refractivity contribution in [2.45, 2.75) is 46.3 Å². The van der Waals surface area contributed by atoms with E-state index >= 15 is 0 Å². The normalized spacial score (nSPS) is 17.9. The molecule has 0 spiro atoms. The third-order valence-corrected chi connectivity index (χ3v) is 4.97. The van der Waals surface area contributed by atoms with Crippen LogP contribution < -0.4 is 9.47 Å². The lowest BCUT2D eigenvalue weighted by molar-refractivity contribution is -0.0652. The fourth-order valence-electron chi connectivity index (χ4n) is 3.41. The summed E-state index contributed by atoms with van der Waals surface area (Å²) >= 11 is 0. The van der Waals surface area contributed by atoms with E-state index < -0.39 is 5.72 Å². The Hall–Kier alpha value is -2.53. The van der Waals surface area contributed by atoms with Crippen molar-refractivity contribution in [1.82, 2.24) is 9.88 Å². The quantitative estimate of drug-likeness (QED) is 0.818. The SMILES string of the molecule is CC.CCCc1cc(OC)c(C2=CN(C)C(C)(O)c3ncccc32)cc1OC. The smallest absolute Gasteiger partial charge is 0.178 e. The third kappa shape index (κ3) is 3.85. The molecule has 1 N–H and O–H groups in total. The number of nitrogens with zero attached hydrogens (tertiary/aromatic N) is 2. The predicted molar refractivity (Wildman–Crippen MR) is 114 cm³/mol. The number of ether oxygens (including phenoxy) is 2. The van der Waals surface area contributed by atoms with Crippen molar-refractivity contribution in [1.29, 1.82) is 0 Å². The average molecular weight is 385 g/mol. The maximum atomic E-state index is 10.9. The van der Waals surface area contributed by atoms with E-state index in [0.717, 1.165) is 46.6 Å². The predicted octanol–water partition coefficient (Wildman–Crippen LogP) is 4.58. The number of pyridine rings is 1. The zero-order valence-corrected chi connectivity index (χ0v) is 18.0. The van der Waals surface area contributed by atoms with Gasteiger partial charge in [-0.05, 0) is 37.1 Å². The van der Waals surface area contributed by atoms with E-state index in [1.807, 2.05) is 51.4 Å². The minimum absolute atomic E-state index is 0.624. The van der Waals surface area contributed by atoms with Crippen LogP contribution in [-0.2, 0) is 12.1 Å². The van der Waals surface area contributed by atoms with Gasteiger partial charge in [-0.25, -0.2) is 0 Å². The molecule has 1 aromatic carbocycles. The van der Waals surface area contributed by atoms with E-state index in [0.29, 0.717) is 5.69 Å². The molecule has 1 atom stereocenters. The van der Waals surface area contributed by atoms with Gasteiger partial charge in [0.15, 0.2) is 5.72 Å². The van der Waals surface area contributed by atoms with Crippen LogP contribution in [0.5, 0.6) is 11.5 Å². The van der Waals surface area contributed by atoms with Gasteiger partial charge in [0.25, 0.3) is 0 Å². The number of rotatable bonds is 5. The van der Waals surface area contributed by atoms with Crippen LogP contribution in [0.3, 0.4) is 0 Å². The highest BCUT2D eigenvalue weighted by molar-refractivity contribution is 5.85. The Morgan fingerprint density at radius 2 is 1.79 bits per heavy atom. The highest BCUT2D eigenvalue weighted by Crippen LogP contribution is 2.42. The maximum absolute atomic E-state index is 10.9. The molecule has 1 unspecified atom stereocenters. The van der Waals surface area contributed by atoms with Crippen LogP contribution in [0.4, 0.5) is 0 Å². The summed E-state index contributed by atoms with van der Waals surface area (Å²) < 4.78 is 11.3. The molecule has 152 valence electrons. The molecule has 0 aliphatic carbocycles. The number of aliphatic hydroxyl groups is 1. The lowest BCUT2D eigenvalue weighted by atomic mass is 9.88. The lowest BCUT2D eigenvalue weighted by Gasteiger charge is -2.38. The molecule has 0 saturated carbocycles. The summed E-state index contributed by atoms with van der Waals surface area (Å²) in [6, 6.07) is 7.91. The topological polar surface area (TPSA) is 54.8 Å². The molecular formula is C23H32N2O3. The molecule has 0 bridgehead atoms. The van der Waals surface area contributed by atoms with E-state index in [1.54, 1.807) is 32.2 Å². The molecule has 0 saturated heterocycles. The van der Waals surface area contributed by atoms with Crippen LogP contribution in [0.15, 0.2) is 36.7 Å². The van der Waals surface area contributed by atoms with E-state index in [1.165, 1.54) is 0 Å². The standard InChI is InChI=1S/C21H26N2O3.C2H6/c1-6-8-14-11-19(26-5)16(12-18(14)25-4)17-13-23(3)21(2,24)20-15(17)9-7-10-22-20;1-2/h7,9-13,24H,6,8H2,1-5H3;1-2H3. The van der Waals surface area contributed by atoms with Crippen LogP contribution in [0.2, 0.25) is 0 Å². The molecule has 1 aromatic heterocycles. The number of hydrogen-bond donors (Lipinski definition) is 1. The third-order valence-electron chi connectivity index (χ3n) is 4.97. The van der Waals surface area contributed by atoms with Crippen molar-refractivity contribution < 1.29 is 14.6 Å². The van der Waals surface area contributed by atoms with Crippen LogP contribution in [0, 0.1) is 0 Å². The summed E-state index contributed by atoms with van der Waals surface area (Å²) in [6.07, 6.45) is 5.58. The fraction of sp³-hybridized carbons (Fsp3) is 0.435. The molecule has 2 heterocycles. The average Bonchev–Trinajstić information content (AvgIpc) is 2.72. The molecule has 0 radical (unpaired) electrons. The fourth-order valence-corrected chi connectivity index (χ4v) is 3.41. The Morgan fingerprint density at radius 3 is 2.39 bits per heavy atom. The van der Waals surface area contributed by atoms with Gasteiger partial charge in [0.2, 0.25) is 0 Å². The molecule has 0 amide bonds. The van der Waals surface area contributed by atoms with Crippen molar-refractivity contribution >= 4 is 5.57 Å². The van der Waals surface area contributed by atoms with Crippen molar-refractivity contribution in [3.05, 3.63) is 59.0 Å². The Balaban J connectivity index is 0.00000136. The number of hydrogen-bond acceptors (Lipinski definition) is 5. The molecule has 3 rings (SSSR count). The monoisotopic (exact) mass is 384 g/mol. The summed E-state index contributed by atoms with van der Waals surface area (Å²) in [4.78, 5) is 6.21. The summed E-state index contributed by atoms with van der Waals surface area (Å²) in [5.74, 6) is 1.62. The molecule has 2 aromatic rings. The Kier molecular flexibility index (Phi) is 7.08. The van der Waals surface area contributed by atoms with Gasteiger partial charge in [-0.1, -0.05) is 33.3 Å². The molecule has 0 fully saturated rings. The van der Waals surface area contributed by atoms with Gasteiger partial charge < -0.3 is 19.5 Å².